The average Bonchev–Trinajstić information content (AvgIpc) is 2.96. The van der Waals surface area contributed by atoms with Crippen LogP contribution in [0.4, 0.5) is 15.4 Å². The fourth-order valence-electron chi connectivity index (χ4n) is 2.92. The van der Waals surface area contributed by atoms with Gasteiger partial charge in [-0.15, -0.1) is 0 Å². The number of imide groups is 1. The molecule has 2 aromatic rings. The molecule has 0 bridgehead atoms. The van der Waals surface area contributed by atoms with Crippen LogP contribution in [-0.4, -0.2) is 46.5 Å². The third-order valence-corrected chi connectivity index (χ3v) is 4.58. The Hall–Kier alpha value is -3.25. The lowest BCUT2D eigenvalue weighted by Crippen LogP contribution is -2.49. The highest BCUT2D eigenvalue weighted by Gasteiger charge is 2.29. The van der Waals surface area contributed by atoms with Crippen molar-refractivity contribution in [2.24, 2.45) is 7.05 Å². The number of carbonyl (C=O) groups is 3. The molecule has 2 N–H and O–H groups in total. The second kappa shape index (κ2) is 8.24. The van der Waals surface area contributed by atoms with Gasteiger partial charge in [0, 0.05) is 25.6 Å². The third-order valence-electron chi connectivity index (χ3n) is 4.19. The van der Waals surface area contributed by atoms with Crippen LogP contribution in [0.5, 0.6) is 0 Å². The first-order valence-corrected chi connectivity index (χ1v) is 9.67. The summed E-state index contributed by atoms with van der Waals surface area (Å²) in [6.07, 6.45) is -0.379. The van der Waals surface area contributed by atoms with Crippen molar-refractivity contribution < 1.29 is 19.1 Å². The number of hydrogen-bond donors (Lipinski definition) is 2. The van der Waals surface area contributed by atoms with Crippen molar-refractivity contribution in [3.63, 3.8) is 0 Å². The maximum Gasteiger partial charge on any atom is 0.408 e. The van der Waals surface area contributed by atoms with Crippen LogP contribution in [0.15, 0.2) is 12.1 Å². The van der Waals surface area contributed by atoms with E-state index in [-0.39, 0.29) is 25.4 Å². The quantitative estimate of drug-likeness (QED) is 0.711. The van der Waals surface area contributed by atoms with Crippen LogP contribution in [0.3, 0.4) is 0 Å². The number of nitrogens with one attached hydrogen (secondary N) is 2. The summed E-state index contributed by atoms with van der Waals surface area (Å²) < 4.78 is 6.77. The van der Waals surface area contributed by atoms with Gasteiger partial charge in [0.15, 0.2) is 5.82 Å². The van der Waals surface area contributed by atoms with Crippen molar-refractivity contribution in [2.45, 2.75) is 32.8 Å². The topological polar surface area (TPSA) is 106 Å². The Morgan fingerprint density at radius 3 is 2.77 bits per heavy atom. The first-order valence-electron chi connectivity index (χ1n) is 9.29. The number of nitrogens with zero attached hydrogens (tertiary/aromatic N) is 3. The zero-order chi connectivity index (χ0) is 22.1. The number of carbonyl (C=O) groups excluding carboxylic acids is 3. The SMILES string of the molecule is Cn1nc(N2CCC(=O)NC2=O)c2c(Cl)c(C#CCNC(=O)OC(C)(C)C)ccc21. The smallest absolute Gasteiger partial charge is 0.408 e. The number of amides is 4. The number of ether oxygens (including phenoxy) is 1. The predicted octanol–water partition coefficient (Wildman–Crippen LogP) is 2.55. The van der Waals surface area contributed by atoms with Gasteiger partial charge in [-0.3, -0.25) is 19.7 Å². The molecule has 1 aromatic carbocycles. The highest BCUT2D eigenvalue weighted by molar-refractivity contribution is 6.38. The van der Waals surface area contributed by atoms with Crippen molar-refractivity contribution in [3.05, 3.63) is 22.7 Å². The fourth-order valence-corrected chi connectivity index (χ4v) is 3.21. The molecule has 0 aliphatic carbocycles. The Morgan fingerprint density at radius 1 is 1.37 bits per heavy atom. The molecule has 1 aliphatic heterocycles. The fraction of sp³-hybridized carbons (Fsp3) is 0.400. The van der Waals surface area contributed by atoms with Gasteiger partial charge >= 0.3 is 12.1 Å². The average molecular weight is 432 g/mol. The van der Waals surface area contributed by atoms with Crippen LogP contribution in [0.2, 0.25) is 5.02 Å². The number of anilines is 1. The van der Waals surface area contributed by atoms with Gasteiger partial charge in [-0.2, -0.15) is 5.10 Å². The molecule has 1 aromatic heterocycles. The molecular formula is C20H22ClN5O4. The van der Waals surface area contributed by atoms with E-state index in [1.807, 2.05) is 0 Å². The molecule has 9 nitrogen and oxygen atoms in total. The first-order chi connectivity index (χ1) is 14.1. The van der Waals surface area contributed by atoms with Gasteiger partial charge in [-0.25, -0.2) is 9.59 Å². The highest BCUT2D eigenvalue weighted by atomic mass is 35.5. The van der Waals surface area contributed by atoms with Crippen molar-refractivity contribution >= 4 is 46.4 Å². The van der Waals surface area contributed by atoms with Gasteiger partial charge in [-0.05, 0) is 32.9 Å². The van der Waals surface area contributed by atoms with Crippen LogP contribution in [0.25, 0.3) is 10.9 Å². The summed E-state index contributed by atoms with van der Waals surface area (Å²) in [5.41, 5.74) is 0.656. The van der Waals surface area contributed by atoms with E-state index in [1.165, 1.54) is 4.90 Å². The summed E-state index contributed by atoms with van der Waals surface area (Å²) in [5, 5.41) is 10.1. The molecule has 1 aliphatic rings. The number of urea groups is 1. The maximum absolute atomic E-state index is 12.2. The van der Waals surface area contributed by atoms with E-state index in [1.54, 1.807) is 44.6 Å². The molecule has 1 saturated heterocycles. The summed E-state index contributed by atoms with van der Waals surface area (Å²) in [6.45, 7) is 5.62. The molecule has 0 unspecified atom stereocenters. The number of halogens is 1. The molecule has 1 fully saturated rings. The van der Waals surface area contributed by atoms with Gasteiger partial charge in [0.25, 0.3) is 0 Å². The monoisotopic (exact) mass is 431 g/mol. The Kier molecular flexibility index (Phi) is 5.89. The number of fused-ring (bicyclic) bond motifs is 1. The number of alkyl carbamates (subject to hydrolysis) is 1. The number of benzene rings is 1. The van der Waals surface area contributed by atoms with Gasteiger partial charge in [-0.1, -0.05) is 23.4 Å². The zero-order valence-electron chi connectivity index (χ0n) is 17.1. The van der Waals surface area contributed by atoms with E-state index in [9.17, 15) is 14.4 Å². The van der Waals surface area contributed by atoms with Crippen LogP contribution in [-0.2, 0) is 16.6 Å². The molecule has 0 saturated carbocycles. The van der Waals surface area contributed by atoms with Crippen molar-refractivity contribution in [2.75, 3.05) is 18.0 Å². The summed E-state index contributed by atoms with van der Waals surface area (Å²) in [6, 6.07) is 3.01. The van der Waals surface area contributed by atoms with E-state index >= 15 is 0 Å². The van der Waals surface area contributed by atoms with E-state index < -0.39 is 17.7 Å². The lowest BCUT2D eigenvalue weighted by molar-refractivity contribution is -0.120. The molecule has 4 amide bonds. The first kappa shape index (κ1) is 21.5. The summed E-state index contributed by atoms with van der Waals surface area (Å²) in [4.78, 5) is 36.8. The lowest BCUT2D eigenvalue weighted by Gasteiger charge is -2.24. The second-order valence-corrected chi connectivity index (χ2v) is 8.06. The maximum atomic E-state index is 12.2. The Morgan fingerprint density at radius 2 is 2.10 bits per heavy atom. The molecule has 158 valence electrons. The van der Waals surface area contributed by atoms with Gasteiger partial charge < -0.3 is 10.1 Å². The van der Waals surface area contributed by atoms with Crippen molar-refractivity contribution in [1.82, 2.24) is 20.4 Å². The third kappa shape index (κ3) is 4.66. The van der Waals surface area contributed by atoms with Crippen molar-refractivity contribution in [1.29, 1.82) is 0 Å². The van der Waals surface area contributed by atoms with Crippen LogP contribution < -0.4 is 15.5 Å². The number of aryl methyl sites for hydroxylation is 1. The molecule has 2 heterocycles. The van der Waals surface area contributed by atoms with Crippen LogP contribution in [0, 0.1) is 11.8 Å². The Bertz CT molecular complexity index is 1090. The van der Waals surface area contributed by atoms with Gasteiger partial charge in [0.2, 0.25) is 5.91 Å². The van der Waals surface area contributed by atoms with Gasteiger partial charge in [0.1, 0.15) is 5.60 Å². The minimum absolute atomic E-state index is 0.0832. The van der Waals surface area contributed by atoms with Crippen LogP contribution >= 0.6 is 11.6 Å². The molecule has 0 atom stereocenters. The molecule has 0 spiro atoms. The van der Waals surface area contributed by atoms with E-state index in [0.717, 1.165) is 5.52 Å². The largest absolute Gasteiger partial charge is 0.444 e. The minimum atomic E-state index is -0.589. The molecule has 10 heteroatoms. The van der Waals surface area contributed by atoms with E-state index in [2.05, 4.69) is 27.6 Å². The Labute approximate surface area is 178 Å². The predicted molar refractivity (Wildman–Crippen MR) is 112 cm³/mol. The lowest BCUT2D eigenvalue weighted by atomic mass is 10.1. The van der Waals surface area contributed by atoms with E-state index in [4.69, 9.17) is 16.3 Å². The number of hydrogen-bond acceptors (Lipinski definition) is 5. The highest BCUT2D eigenvalue weighted by Crippen LogP contribution is 2.35. The molecular weight excluding hydrogens is 410 g/mol. The molecule has 3 rings (SSSR count). The molecule has 0 radical (unpaired) electrons. The second-order valence-electron chi connectivity index (χ2n) is 7.68. The summed E-state index contributed by atoms with van der Waals surface area (Å²) in [7, 11) is 1.74. The number of rotatable bonds is 2. The van der Waals surface area contributed by atoms with Gasteiger partial charge in [0.05, 0.1) is 22.5 Å². The van der Waals surface area contributed by atoms with E-state index in [0.29, 0.717) is 21.8 Å². The summed E-state index contributed by atoms with van der Waals surface area (Å²) >= 11 is 6.59. The standard InChI is InChI=1S/C20H22ClN5O4/c1-20(2,3)30-19(29)22-10-5-6-12-7-8-13-15(16(12)21)17(24-25(13)4)26-11-9-14(27)23-18(26)28/h7-8H,9-11H2,1-4H3,(H,22,29)(H,23,27,28). The minimum Gasteiger partial charge on any atom is -0.444 e. The normalized spacial score (nSPS) is 14.2. The van der Waals surface area contributed by atoms with Crippen LogP contribution in [0.1, 0.15) is 32.8 Å². The summed E-state index contributed by atoms with van der Waals surface area (Å²) in [5.74, 6) is 5.78. The number of aromatic nitrogens is 2. The zero-order valence-corrected chi connectivity index (χ0v) is 17.9. The molecule has 30 heavy (non-hydrogen) atoms. The van der Waals surface area contributed by atoms with Crippen molar-refractivity contribution in [3.8, 4) is 11.8 Å². The Balaban J connectivity index is 1.85.